The standard InChI is InChI=1S/C18H14FN3O/c19-14-8-3-1-6-12(14)17(23)13-7-2-4-10-16(13)22-18-15(20)9-5-11-21-18/h1-11H,20H2,(H,21,22). The molecule has 0 atom stereocenters. The Balaban J connectivity index is 2.00. The lowest BCUT2D eigenvalue weighted by Crippen LogP contribution is -2.08. The quantitative estimate of drug-likeness (QED) is 0.720. The summed E-state index contributed by atoms with van der Waals surface area (Å²) in [6.45, 7) is 0. The molecule has 4 nitrogen and oxygen atoms in total. The molecular formula is C18H14FN3O. The van der Waals surface area contributed by atoms with Gasteiger partial charge < -0.3 is 11.1 Å². The highest BCUT2D eigenvalue weighted by molar-refractivity contribution is 6.12. The molecule has 0 aliphatic carbocycles. The zero-order valence-electron chi connectivity index (χ0n) is 12.2. The zero-order valence-corrected chi connectivity index (χ0v) is 12.2. The van der Waals surface area contributed by atoms with E-state index in [9.17, 15) is 9.18 Å². The number of nitrogens with one attached hydrogen (secondary N) is 1. The smallest absolute Gasteiger partial charge is 0.198 e. The second-order valence-electron chi connectivity index (χ2n) is 4.92. The van der Waals surface area contributed by atoms with Crippen LogP contribution >= 0.6 is 0 Å². The first kappa shape index (κ1) is 14.7. The molecule has 0 bridgehead atoms. The predicted octanol–water partition coefficient (Wildman–Crippen LogP) is 3.78. The molecule has 0 saturated carbocycles. The summed E-state index contributed by atoms with van der Waals surface area (Å²) in [5, 5.41) is 3.03. The molecule has 0 aliphatic rings. The highest BCUT2D eigenvalue weighted by Gasteiger charge is 2.17. The number of hydrogen-bond acceptors (Lipinski definition) is 4. The molecule has 23 heavy (non-hydrogen) atoms. The number of halogens is 1. The normalized spacial score (nSPS) is 10.3. The van der Waals surface area contributed by atoms with Crippen LogP contribution < -0.4 is 11.1 Å². The number of nitrogens with zero attached hydrogens (tertiary/aromatic N) is 1. The van der Waals surface area contributed by atoms with Gasteiger partial charge in [0.05, 0.1) is 16.9 Å². The third-order valence-electron chi connectivity index (χ3n) is 3.38. The van der Waals surface area contributed by atoms with E-state index in [0.29, 0.717) is 22.8 Å². The van der Waals surface area contributed by atoms with Crippen LogP contribution in [0.5, 0.6) is 0 Å². The molecule has 3 aromatic rings. The zero-order chi connectivity index (χ0) is 16.2. The molecule has 1 heterocycles. The number of nitrogens with two attached hydrogens (primary N) is 1. The lowest BCUT2D eigenvalue weighted by atomic mass is 10.0. The number of benzene rings is 2. The summed E-state index contributed by atoms with van der Waals surface area (Å²) in [5.41, 5.74) is 7.21. The van der Waals surface area contributed by atoms with E-state index in [2.05, 4.69) is 10.3 Å². The van der Waals surface area contributed by atoms with Crippen molar-refractivity contribution in [3.8, 4) is 0 Å². The van der Waals surface area contributed by atoms with Gasteiger partial charge in [-0.15, -0.1) is 0 Å². The van der Waals surface area contributed by atoms with Crippen LogP contribution in [0.2, 0.25) is 0 Å². The van der Waals surface area contributed by atoms with Gasteiger partial charge in [0.1, 0.15) is 5.82 Å². The van der Waals surface area contributed by atoms with Crippen LogP contribution in [-0.2, 0) is 0 Å². The number of nitrogen functional groups attached to an aromatic ring is 1. The first-order valence-electron chi connectivity index (χ1n) is 7.02. The maximum Gasteiger partial charge on any atom is 0.198 e. The molecule has 3 rings (SSSR count). The third kappa shape index (κ3) is 3.03. The Kier molecular flexibility index (Phi) is 4.01. The molecule has 0 radical (unpaired) electrons. The van der Waals surface area contributed by atoms with Crippen LogP contribution in [0.3, 0.4) is 0 Å². The number of carbonyl (C=O) groups is 1. The molecule has 0 spiro atoms. The Morgan fingerprint density at radius 2 is 1.65 bits per heavy atom. The fourth-order valence-corrected chi connectivity index (χ4v) is 2.23. The largest absolute Gasteiger partial charge is 0.396 e. The van der Waals surface area contributed by atoms with Gasteiger partial charge in [-0.25, -0.2) is 9.37 Å². The monoisotopic (exact) mass is 307 g/mol. The Bertz CT molecular complexity index is 864. The maximum absolute atomic E-state index is 13.9. The average molecular weight is 307 g/mol. The molecule has 3 N–H and O–H groups in total. The minimum atomic E-state index is -0.551. The lowest BCUT2D eigenvalue weighted by Gasteiger charge is -2.12. The van der Waals surface area contributed by atoms with Crippen molar-refractivity contribution in [1.29, 1.82) is 0 Å². The van der Waals surface area contributed by atoms with E-state index in [1.807, 2.05) is 0 Å². The minimum absolute atomic E-state index is 0.0238. The summed E-state index contributed by atoms with van der Waals surface area (Å²) < 4.78 is 13.9. The Labute approximate surface area is 132 Å². The number of rotatable bonds is 4. The molecule has 0 unspecified atom stereocenters. The van der Waals surface area contributed by atoms with Gasteiger partial charge in [0.25, 0.3) is 0 Å². The van der Waals surface area contributed by atoms with Gasteiger partial charge in [-0.3, -0.25) is 4.79 Å². The van der Waals surface area contributed by atoms with Crippen molar-refractivity contribution in [3.05, 3.63) is 83.8 Å². The van der Waals surface area contributed by atoms with Gasteiger partial charge in [0, 0.05) is 11.8 Å². The molecule has 1 aromatic heterocycles. The van der Waals surface area contributed by atoms with Gasteiger partial charge in [-0.05, 0) is 36.4 Å². The van der Waals surface area contributed by atoms with Gasteiger partial charge in [-0.2, -0.15) is 0 Å². The van der Waals surface area contributed by atoms with Crippen molar-refractivity contribution in [1.82, 2.24) is 4.98 Å². The Hall–Kier alpha value is -3.21. The van der Waals surface area contributed by atoms with E-state index < -0.39 is 11.6 Å². The van der Waals surface area contributed by atoms with Crippen LogP contribution in [0, 0.1) is 5.82 Å². The first-order chi connectivity index (χ1) is 11.2. The van der Waals surface area contributed by atoms with Crippen molar-refractivity contribution >= 4 is 23.0 Å². The Morgan fingerprint density at radius 1 is 0.957 bits per heavy atom. The van der Waals surface area contributed by atoms with E-state index >= 15 is 0 Å². The molecule has 0 saturated heterocycles. The van der Waals surface area contributed by atoms with Crippen LogP contribution in [0.25, 0.3) is 0 Å². The van der Waals surface area contributed by atoms with Gasteiger partial charge in [0.15, 0.2) is 11.6 Å². The van der Waals surface area contributed by atoms with Crippen LogP contribution in [0.4, 0.5) is 21.6 Å². The van der Waals surface area contributed by atoms with E-state index in [1.165, 1.54) is 12.1 Å². The number of para-hydroxylation sites is 1. The van der Waals surface area contributed by atoms with Crippen molar-refractivity contribution < 1.29 is 9.18 Å². The number of hydrogen-bond donors (Lipinski definition) is 2. The summed E-state index contributed by atoms with van der Waals surface area (Å²) in [4.78, 5) is 16.8. The van der Waals surface area contributed by atoms with Crippen molar-refractivity contribution in [2.24, 2.45) is 0 Å². The maximum atomic E-state index is 13.9. The van der Waals surface area contributed by atoms with Gasteiger partial charge in [0.2, 0.25) is 0 Å². The van der Waals surface area contributed by atoms with E-state index in [4.69, 9.17) is 5.73 Å². The number of anilines is 3. The summed E-state index contributed by atoms with van der Waals surface area (Å²) in [7, 11) is 0. The van der Waals surface area contributed by atoms with Crippen molar-refractivity contribution in [3.63, 3.8) is 0 Å². The average Bonchev–Trinajstić information content (AvgIpc) is 2.57. The van der Waals surface area contributed by atoms with E-state index in [-0.39, 0.29) is 5.56 Å². The summed E-state index contributed by atoms with van der Waals surface area (Å²) in [6.07, 6.45) is 1.60. The number of pyridine rings is 1. The number of aromatic nitrogens is 1. The minimum Gasteiger partial charge on any atom is -0.396 e. The predicted molar refractivity (Wildman–Crippen MR) is 88.2 cm³/mol. The van der Waals surface area contributed by atoms with Crippen molar-refractivity contribution in [2.75, 3.05) is 11.1 Å². The highest BCUT2D eigenvalue weighted by Crippen LogP contribution is 2.25. The van der Waals surface area contributed by atoms with Gasteiger partial charge >= 0.3 is 0 Å². The second kappa shape index (κ2) is 6.27. The van der Waals surface area contributed by atoms with Crippen molar-refractivity contribution in [2.45, 2.75) is 0 Å². The lowest BCUT2D eigenvalue weighted by molar-refractivity contribution is 0.103. The summed E-state index contributed by atoms with van der Waals surface area (Å²) in [5.74, 6) is -0.508. The van der Waals surface area contributed by atoms with Crippen LogP contribution in [0.15, 0.2) is 66.9 Å². The molecule has 114 valence electrons. The van der Waals surface area contributed by atoms with Gasteiger partial charge in [-0.1, -0.05) is 24.3 Å². The molecule has 0 amide bonds. The first-order valence-corrected chi connectivity index (χ1v) is 7.02. The second-order valence-corrected chi connectivity index (χ2v) is 4.92. The van der Waals surface area contributed by atoms with Crippen LogP contribution in [0.1, 0.15) is 15.9 Å². The molecule has 2 aromatic carbocycles. The highest BCUT2D eigenvalue weighted by atomic mass is 19.1. The molecule has 0 fully saturated rings. The van der Waals surface area contributed by atoms with Crippen LogP contribution in [-0.4, -0.2) is 10.8 Å². The summed E-state index contributed by atoms with van der Waals surface area (Å²) in [6, 6.07) is 16.2. The summed E-state index contributed by atoms with van der Waals surface area (Å²) >= 11 is 0. The fourth-order valence-electron chi connectivity index (χ4n) is 2.23. The molecular weight excluding hydrogens is 293 g/mol. The van der Waals surface area contributed by atoms with E-state index in [1.54, 1.807) is 54.7 Å². The fraction of sp³-hybridized carbons (Fsp3) is 0. The number of ketones is 1. The SMILES string of the molecule is Nc1cccnc1Nc1ccccc1C(=O)c1ccccc1F. The number of carbonyl (C=O) groups excluding carboxylic acids is 1. The third-order valence-corrected chi connectivity index (χ3v) is 3.38. The molecule has 5 heteroatoms. The Morgan fingerprint density at radius 3 is 2.39 bits per heavy atom. The topological polar surface area (TPSA) is 68.0 Å². The van der Waals surface area contributed by atoms with E-state index in [0.717, 1.165) is 0 Å². The molecule has 0 aliphatic heterocycles.